The zero-order valence-corrected chi connectivity index (χ0v) is 16.4. The zero-order valence-electron chi connectivity index (χ0n) is 14.8. The average molecular weight is 383 g/mol. The van der Waals surface area contributed by atoms with E-state index in [2.05, 4.69) is 6.92 Å². The van der Waals surface area contributed by atoms with Crippen LogP contribution in [-0.4, -0.2) is 35.7 Å². The van der Waals surface area contributed by atoms with Crippen LogP contribution in [0.15, 0.2) is 0 Å². The number of Topliss-reactive ketones (excluding diaryl/α,β-unsaturated/α-hetero) is 1. The molecule has 6 heteroatoms. The molecule has 4 nitrogen and oxygen atoms in total. The number of likely N-dealkylation sites (tertiary alicyclic amines) is 1. The van der Waals surface area contributed by atoms with Gasteiger partial charge in [0.05, 0.1) is 5.56 Å². The minimum absolute atomic E-state index is 0. The van der Waals surface area contributed by atoms with E-state index >= 15 is 0 Å². The van der Waals surface area contributed by atoms with E-state index in [1.807, 2.05) is 4.90 Å². The van der Waals surface area contributed by atoms with Crippen molar-refractivity contribution in [2.75, 3.05) is 13.1 Å². The van der Waals surface area contributed by atoms with Crippen LogP contribution in [0.25, 0.3) is 0 Å². The Kier molecular flexibility index (Phi) is 5.57. The van der Waals surface area contributed by atoms with Crippen LogP contribution in [0.5, 0.6) is 0 Å². The number of nitrogens with zero attached hydrogens (tertiary/aromatic N) is 1. The zero-order chi connectivity index (χ0) is 16.8. The number of rotatable bonds is 4. The van der Waals surface area contributed by atoms with Crippen molar-refractivity contribution >= 4 is 35.4 Å². The second kappa shape index (κ2) is 7.37. The number of nitrogens with two attached hydrogens (primary N) is 1. The number of aryl methyl sites for hydroxylation is 1. The van der Waals surface area contributed by atoms with Crippen molar-refractivity contribution in [3.63, 3.8) is 0 Å². The molecule has 1 saturated heterocycles. The maximum absolute atomic E-state index is 13.2. The molecule has 0 radical (unpaired) electrons. The highest BCUT2D eigenvalue weighted by molar-refractivity contribution is 7.12. The highest BCUT2D eigenvalue weighted by Crippen LogP contribution is 2.38. The summed E-state index contributed by atoms with van der Waals surface area (Å²) in [4.78, 5) is 29.8. The van der Waals surface area contributed by atoms with E-state index in [9.17, 15) is 9.59 Å². The molecule has 2 unspecified atom stereocenters. The van der Waals surface area contributed by atoms with Gasteiger partial charge >= 0.3 is 0 Å². The van der Waals surface area contributed by atoms with Gasteiger partial charge in [0.1, 0.15) is 5.78 Å². The molecule has 1 aliphatic heterocycles. The third-order valence-corrected chi connectivity index (χ3v) is 6.96. The number of ketones is 1. The van der Waals surface area contributed by atoms with E-state index in [4.69, 9.17) is 5.73 Å². The summed E-state index contributed by atoms with van der Waals surface area (Å²) in [6.07, 6.45) is 6.31. The molecule has 0 aromatic carbocycles. The molecular weight excluding hydrogens is 356 g/mol. The van der Waals surface area contributed by atoms with Gasteiger partial charge in [-0.25, -0.2) is 0 Å². The number of fused-ring (bicyclic) bond motifs is 1. The predicted octanol–water partition coefficient (Wildman–Crippen LogP) is 2.99. The molecule has 1 amide bonds. The van der Waals surface area contributed by atoms with Gasteiger partial charge in [-0.2, -0.15) is 0 Å². The summed E-state index contributed by atoms with van der Waals surface area (Å²) in [5, 5.41) is 0. The molecule has 2 fully saturated rings. The number of thiophene rings is 1. The summed E-state index contributed by atoms with van der Waals surface area (Å²) in [6, 6.07) is 0.142. The van der Waals surface area contributed by atoms with Crippen LogP contribution >= 0.6 is 23.7 Å². The summed E-state index contributed by atoms with van der Waals surface area (Å²) in [7, 11) is 0. The fourth-order valence-electron chi connectivity index (χ4n) is 4.03. The van der Waals surface area contributed by atoms with E-state index in [1.165, 1.54) is 4.88 Å². The van der Waals surface area contributed by atoms with Crippen molar-refractivity contribution in [3.05, 3.63) is 20.9 Å². The first-order chi connectivity index (χ1) is 11.5. The van der Waals surface area contributed by atoms with Gasteiger partial charge in [0, 0.05) is 41.2 Å². The van der Waals surface area contributed by atoms with Crippen molar-refractivity contribution < 1.29 is 9.59 Å². The lowest BCUT2D eigenvalue weighted by molar-refractivity contribution is -0.119. The van der Waals surface area contributed by atoms with Crippen molar-refractivity contribution in [1.29, 1.82) is 0 Å². The number of carbonyl (C=O) groups is 2. The summed E-state index contributed by atoms with van der Waals surface area (Å²) >= 11 is 1.70. The standard InChI is InChI=1S/C19H26N2O2S.ClH/c1-11-6-7-21(10-11)19(23)18-14-8-13(20)4-5-16(14)24-17(18)9-15(22)12-2-3-12;/h11-13H,2-10,20H2,1H3;1H. The number of amides is 1. The van der Waals surface area contributed by atoms with Crippen molar-refractivity contribution in [2.45, 2.75) is 57.9 Å². The van der Waals surface area contributed by atoms with Crippen LogP contribution in [-0.2, 0) is 24.1 Å². The van der Waals surface area contributed by atoms with E-state index in [-0.39, 0.29) is 30.3 Å². The number of hydrogen-bond donors (Lipinski definition) is 1. The summed E-state index contributed by atoms with van der Waals surface area (Å²) in [5.41, 5.74) is 8.17. The van der Waals surface area contributed by atoms with Crippen LogP contribution in [0.1, 0.15) is 58.3 Å². The molecular formula is C19H27ClN2O2S. The molecule has 3 aliphatic rings. The maximum Gasteiger partial charge on any atom is 0.255 e. The van der Waals surface area contributed by atoms with E-state index in [0.717, 1.165) is 67.6 Å². The average Bonchev–Trinajstić information content (AvgIpc) is 3.22. The Hall–Kier alpha value is -0.910. The van der Waals surface area contributed by atoms with Gasteiger partial charge in [0.2, 0.25) is 0 Å². The van der Waals surface area contributed by atoms with Gasteiger partial charge in [-0.3, -0.25) is 9.59 Å². The number of halogens is 1. The van der Waals surface area contributed by atoms with Gasteiger partial charge in [0.15, 0.2) is 0 Å². The number of hydrogen-bond acceptors (Lipinski definition) is 4. The molecule has 138 valence electrons. The Bertz CT molecular complexity index is 683. The van der Waals surface area contributed by atoms with Crippen LogP contribution in [0.4, 0.5) is 0 Å². The quantitative estimate of drug-likeness (QED) is 0.870. The van der Waals surface area contributed by atoms with Crippen LogP contribution < -0.4 is 5.73 Å². The highest BCUT2D eigenvalue weighted by Gasteiger charge is 2.35. The van der Waals surface area contributed by atoms with Crippen molar-refractivity contribution in [2.24, 2.45) is 17.6 Å². The SMILES string of the molecule is CC1CCN(C(=O)c2c(CC(=O)C3CC3)sc3c2CC(N)CC3)C1.Cl. The molecule has 2 atom stereocenters. The Morgan fingerprint density at radius 1 is 1.24 bits per heavy atom. The van der Waals surface area contributed by atoms with Crippen molar-refractivity contribution in [3.8, 4) is 0 Å². The predicted molar refractivity (Wildman–Crippen MR) is 103 cm³/mol. The molecule has 2 N–H and O–H groups in total. The maximum atomic E-state index is 13.2. The lowest BCUT2D eigenvalue weighted by atomic mass is 9.90. The van der Waals surface area contributed by atoms with Crippen LogP contribution in [0.3, 0.4) is 0 Å². The lowest BCUT2D eigenvalue weighted by Crippen LogP contribution is -2.32. The second-order valence-electron chi connectivity index (χ2n) is 7.87. The summed E-state index contributed by atoms with van der Waals surface area (Å²) in [5.74, 6) is 1.29. The molecule has 1 aromatic rings. The smallest absolute Gasteiger partial charge is 0.255 e. The lowest BCUT2D eigenvalue weighted by Gasteiger charge is -2.22. The van der Waals surface area contributed by atoms with E-state index < -0.39 is 0 Å². The Balaban J connectivity index is 0.00000182. The Morgan fingerprint density at radius 2 is 2.00 bits per heavy atom. The number of carbonyl (C=O) groups excluding carboxylic acids is 2. The normalized spacial score (nSPS) is 25.4. The molecule has 1 saturated carbocycles. The van der Waals surface area contributed by atoms with E-state index in [0.29, 0.717) is 18.1 Å². The monoisotopic (exact) mass is 382 g/mol. The van der Waals surface area contributed by atoms with Crippen molar-refractivity contribution in [1.82, 2.24) is 4.90 Å². The molecule has 25 heavy (non-hydrogen) atoms. The second-order valence-corrected chi connectivity index (χ2v) is 9.06. The van der Waals surface area contributed by atoms with Gasteiger partial charge in [-0.1, -0.05) is 6.92 Å². The fraction of sp³-hybridized carbons (Fsp3) is 0.684. The third-order valence-electron chi connectivity index (χ3n) is 5.66. The van der Waals surface area contributed by atoms with Gasteiger partial charge in [0.25, 0.3) is 5.91 Å². The van der Waals surface area contributed by atoms with Gasteiger partial charge in [-0.05, 0) is 50.0 Å². The van der Waals surface area contributed by atoms with Crippen LogP contribution in [0, 0.1) is 11.8 Å². The topological polar surface area (TPSA) is 63.4 Å². The fourth-order valence-corrected chi connectivity index (χ4v) is 5.38. The summed E-state index contributed by atoms with van der Waals surface area (Å²) < 4.78 is 0. The van der Waals surface area contributed by atoms with Gasteiger partial charge < -0.3 is 10.6 Å². The first-order valence-electron chi connectivity index (χ1n) is 9.24. The van der Waals surface area contributed by atoms with Crippen LogP contribution in [0.2, 0.25) is 0 Å². The summed E-state index contributed by atoms with van der Waals surface area (Å²) in [6.45, 7) is 3.88. The van der Waals surface area contributed by atoms with Gasteiger partial charge in [-0.15, -0.1) is 23.7 Å². The Morgan fingerprint density at radius 3 is 2.64 bits per heavy atom. The molecule has 4 rings (SSSR count). The Labute approximate surface area is 159 Å². The first-order valence-corrected chi connectivity index (χ1v) is 10.1. The first kappa shape index (κ1) is 18.9. The highest BCUT2D eigenvalue weighted by atomic mass is 35.5. The third kappa shape index (κ3) is 3.79. The molecule has 0 bridgehead atoms. The largest absolute Gasteiger partial charge is 0.338 e. The molecule has 1 aromatic heterocycles. The minimum atomic E-state index is 0. The minimum Gasteiger partial charge on any atom is -0.338 e. The molecule has 2 heterocycles. The molecule has 2 aliphatic carbocycles. The molecule has 0 spiro atoms. The van der Waals surface area contributed by atoms with E-state index in [1.54, 1.807) is 11.3 Å².